The number of rotatable bonds is 2. The summed E-state index contributed by atoms with van der Waals surface area (Å²) in [6, 6.07) is 2.23. The smallest absolute Gasteiger partial charge is 0.265 e. The predicted molar refractivity (Wildman–Crippen MR) is 44.7 cm³/mol. The number of aromatic amines is 1. The summed E-state index contributed by atoms with van der Waals surface area (Å²) in [4.78, 5) is 13.0. The first-order chi connectivity index (χ1) is 5.65. The van der Waals surface area contributed by atoms with Gasteiger partial charge in [-0.25, -0.2) is 8.78 Å². The van der Waals surface area contributed by atoms with Gasteiger partial charge < -0.3 is 4.98 Å². The van der Waals surface area contributed by atoms with Crippen LogP contribution in [0.2, 0.25) is 0 Å². The SMILES string of the molecule is O=c1ccc(C(F)F)c(CBr)[nH]1. The molecule has 0 radical (unpaired) electrons. The zero-order valence-electron chi connectivity index (χ0n) is 5.98. The van der Waals surface area contributed by atoms with Gasteiger partial charge in [0, 0.05) is 22.7 Å². The highest BCUT2D eigenvalue weighted by Crippen LogP contribution is 2.21. The molecule has 0 spiro atoms. The van der Waals surface area contributed by atoms with E-state index in [2.05, 4.69) is 20.9 Å². The van der Waals surface area contributed by atoms with Crippen molar-refractivity contribution in [2.75, 3.05) is 0 Å². The quantitative estimate of drug-likeness (QED) is 0.787. The molecule has 2 nitrogen and oxygen atoms in total. The Morgan fingerprint density at radius 2 is 2.17 bits per heavy atom. The van der Waals surface area contributed by atoms with E-state index in [0.717, 1.165) is 12.1 Å². The monoisotopic (exact) mass is 237 g/mol. The van der Waals surface area contributed by atoms with Crippen molar-refractivity contribution in [3.8, 4) is 0 Å². The molecule has 66 valence electrons. The van der Waals surface area contributed by atoms with Gasteiger partial charge in [0.2, 0.25) is 5.56 Å². The van der Waals surface area contributed by atoms with Crippen molar-refractivity contribution in [3.63, 3.8) is 0 Å². The number of alkyl halides is 3. The Morgan fingerprint density at radius 1 is 1.50 bits per heavy atom. The minimum absolute atomic E-state index is 0.133. The highest BCUT2D eigenvalue weighted by atomic mass is 79.9. The van der Waals surface area contributed by atoms with Crippen LogP contribution in [0, 0.1) is 0 Å². The van der Waals surface area contributed by atoms with Crippen LogP contribution in [0.15, 0.2) is 16.9 Å². The fourth-order valence-corrected chi connectivity index (χ4v) is 1.31. The van der Waals surface area contributed by atoms with E-state index in [1.807, 2.05) is 0 Å². The standard InChI is InChI=1S/C7H6BrF2NO/c8-3-5-4(7(9)10)1-2-6(12)11-5/h1-2,7H,3H2,(H,11,12). The molecule has 1 aromatic heterocycles. The number of aromatic nitrogens is 1. The number of halogens is 3. The van der Waals surface area contributed by atoms with Crippen LogP contribution in [-0.2, 0) is 5.33 Å². The molecule has 0 aliphatic carbocycles. The average molecular weight is 238 g/mol. The Balaban J connectivity index is 3.20. The Morgan fingerprint density at radius 3 is 2.67 bits per heavy atom. The third-order valence-corrected chi connectivity index (χ3v) is 1.97. The van der Waals surface area contributed by atoms with Crippen LogP contribution in [-0.4, -0.2) is 4.98 Å². The first kappa shape index (κ1) is 9.38. The Kier molecular flexibility index (Phi) is 2.97. The Bertz CT molecular complexity index is 323. The molecular formula is C7H6BrF2NO. The summed E-state index contributed by atoms with van der Waals surface area (Å²) in [6.45, 7) is 0. The van der Waals surface area contributed by atoms with Gasteiger partial charge in [0.05, 0.1) is 0 Å². The normalized spacial score (nSPS) is 10.7. The lowest BCUT2D eigenvalue weighted by Gasteiger charge is -2.03. The number of hydrogen-bond donors (Lipinski definition) is 1. The number of hydrogen-bond acceptors (Lipinski definition) is 1. The fraction of sp³-hybridized carbons (Fsp3) is 0.286. The van der Waals surface area contributed by atoms with E-state index < -0.39 is 6.43 Å². The van der Waals surface area contributed by atoms with Gasteiger partial charge >= 0.3 is 0 Å². The largest absolute Gasteiger partial charge is 0.325 e. The summed E-state index contributed by atoms with van der Waals surface area (Å²) in [6.07, 6.45) is -2.55. The molecular weight excluding hydrogens is 232 g/mol. The molecule has 0 aliphatic heterocycles. The van der Waals surface area contributed by atoms with E-state index in [9.17, 15) is 13.6 Å². The number of H-pyrrole nitrogens is 1. The van der Waals surface area contributed by atoms with Gasteiger partial charge in [0.25, 0.3) is 6.43 Å². The van der Waals surface area contributed by atoms with Gasteiger partial charge in [-0.15, -0.1) is 0 Å². The molecule has 0 aliphatic rings. The van der Waals surface area contributed by atoms with Crippen molar-refractivity contribution in [1.82, 2.24) is 4.98 Å². The van der Waals surface area contributed by atoms with Crippen LogP contribution in [0.3, 0.4) is 0 Å². The van der Waals surface area contributed by atoms with Crippen molar-refractivity contribution in [3.05, 3.63) is 33.7 Å². The molecule has 0 saturated heterocycles. The van der Waals surface area contributed by atoms with E-state index in [4.69, 9.17) is 0 Å². The molecule has 0 atom stereocenters. The van der Waals surface area contributed by atoms with E-state index in [1.165, 1.54) is 0 Å². The van der Waals surface area contributed by atoms with Crippen molar-refractivity contribution < 1.29 is 8.78 Å². The zero-order valence-corrected chi connectivity index (χ0v) is 7.57. The predicted octanol–water partition coefficient (Wildman–Crippen LogP) is 2.21. The van der Waals surface area contributed by atoms with Gasteiger partial charge in [-0.3, -0.25) is 4.79 Å². The van der Waals surface area contributed by atoms with Gasteiger partial charge in [0.15, 0.2) is 0 Å². The summed E-state index contributed by atoms with van der Waals surface area (Å²) in [5.74, 6) is 0. The van der Waals surface area contributed by atoms with E-state index in [1.54, 1.807) is 0 Å². The molecule has 12 heavy (non-hydrogen) atoms. The van der Waals surface area contributed by atoms with Crippen molar-refractivity contribution >= 4 is 15.9 Å². The summed E-state index contributed by atoms with van der Waals surface area (Å²) < 4.78 is 24.4. The van der Waals surface area contributed by atoms with Gasteiger partial charge in [-0.05, 0) is 6.07 Å². The Hall–Kier alpha value is -0.710. The molecule has 1 N–H and O–H groups in total. The number of nitrogens with one attached hydrogen (secondary N) is 1. The molecule has 1 rings (SSSR count). The van der Waals surface area contributed by atoms with Crippen molar-refractivity contribution in [1.29, 1.82) is 0 Å². The summed E-state index contributed by atoms with van der Waals surface area (Å²) in [7, 11) is 0. The van der Waals surface area contributed by atoms with E-state index >= 15 is 0 Å². The summed E-state index contributed by atoms with van der Waals surface area (Å²) >= 11 is 3.01. The highest BCUT2D eigenvalue weighted by molar-refractivity contribution is 9.08. The van der Waals surface area contributed by atoms with E-state index in [-0.39, 0.29) is 22.1 Å². The van der Waals surface area contributed by atoms with Crippen LogP contribution in [0.1, 0.15) is 17.7 Å². The third-order valence-electron chi connectivity index (χ3n) is 1.41. The second-order valence-electron chi connectivity index (χ2n) is 2.19. The summed E-state index contributed by atoms with van der Waals surface area (Å²) in [5.41, 5.74) is -0.266. The van der Waals surface area contributed by atoms with Crippen LogP contribution >= 0.6 is 15.9 Å². The van der Waals surface area contributed by atoms with Gasteiger partial charge in [0.1, 0.15) is 0 Å². The summed E-state index contributed by atoms with van der Waals surface area (Å²) in [5, 5.41) is 0.225. The molecule has 1 heterocycles. The van der Waals surface area contributed by atoms with Gasteiger partial charge in [-0.2, -0.15) is 0 Å². The molecule has 5 heteroatoms. The minimum atomic E-state index is -2.55. The maximum Gasteiger partial charge on any atom is 0.265 e. The lowest BCUT2D eigenvalue weighted by atomic mass is 10.2. The molecule has 0 bridgehead atoms. The van der Waals surface area contributed by atoms with Crippen molar-refractivity contribution in [2.24, 2.45) is 0 Å². The van der Waals surface area contributed by atoms with Crippen LogP contribution < -0.4 is 5.56 Å². The lowest BCUT2D eigenvalue weighted by Crippen LogP contribution is -2.09. The van der Waals surface area contributed by atoms with E-state index in [0.29, 0.717) is 0 Å². The molecule has 0 fully saturated rings. The Labute approximate surface area is 75.7 Å². The van der Waals surface area contributed by atoms with Crippen LogP contribution in [0.25, 0.3) is 0 Å². The first-order valence-corrected chi connectivity index (χ1v) is 4.33. The third kappa shape index (κ3) is 1.91. The van der Waals surface area contributed by atoms with Crippen molar-refractivity contribution in [2.45, 2.75) is 11.8 Å². The average Bonchev–Trinajstić information content (AvgIpc) is 2.03. The second kappa shape index (κ2) is 3.80. The molecule has 0 unspecified atom stereocenters. The molecule has 0 amide bonds. The minimum Gasteiger partial charge on any atom is -0.325 e. The maximum atomic E-state index is 12.2. The van der Waals surface area contributed by atoms with Gasteiger partial charge in [-0.1, -0.05) is 15.9 Å². The highest BCUT2D eigenvalue weighted by Gasteiger charge is 2.11. The topological polar surface area (TPSA) is 32.9 Å². The molecule has 0 saturated carbocycles. The molecule has 0 aromatic carbocycles. The first-order valence-electron chi connectivity index (χ1n) is 3.21. The fourth-order valence-electron chi connectivity index (χ4n) is 0.844. The lowest BCUT2D eigenvalue weighted by molar-refractivity contribution is 0.150. The maximum absolute atomic E-state index is 12.2. The second-order valence-corrected chi connectivity index (χ2v) is 2.75. The zero-order chi connectivity index (χ0) is 9.14. The van der Waals surface area contributed by atoms with Crippen LogP contribution in [0.4, 0.5) is 8.78 Å². The molecule has 1 aromatic rings. The van der Waals surface area contributed by atoms with Crippen LogP contribution in [0.5, 0.6) is 0 Å². The number of pyridine rings is 1.